The van der Waals surface area contributed by atoms with Crippen LogP contribution in [-0.2, 0) is 28.8 Å². The van der Waals surface area contributed by atoms with Gasteiger partial charge in [-0.25, -0.2) is 9.59 Å². The molecule has 1 aromatic heterocycles. The van der Waals surface area contributed by atoms with E-state index < -0.39 is 58.3 Å². The van der Waals surface area contributed by atoms with Crippen molar-refractivity contribution in [3.8, 4) is 0 Å². The van der Waals surface area contributed by atoms with Gasteiger partial charge in [-0.05, 0) is 12.1 Å². The highest BCUT2D eigenvalue weighted by atomic mass is 35.5. The molecule has 3 rings (SSSR count). The van der Waals surface area contributed by atoms with Crippen LogP contribution in [0.15, 0.2) is 39.2 Å². The average molecular weight is 570 g/mol. The molecule has 13 nitrogen and oxygen atoms in total. The second-order valence-corrected chi connectivity index (χ2v) is 9.23. The van der Waals surface area contributed by atoms with Gasteiger partial charge in [0.1, 0.15) is 30.8 Å². The second-order valence-electron chi connectivity index (χ2n) is 6.69. The number of aliphatic carboxylic acids is 1. The van der Waals surface area contributed by atoms with Crippen molar-refractivity contribution in [2.75, 3.05) is 19.5 Å². The topological polar surface area (TPSA) is 168 Å². The lowest BCUT2D eigenvalue weighted by Gasteiger charge is -2.49. The van der Waals surface area contributed by atoms with Crippen LogP contribution in [0.4, 0.5) is 4.79 Å². The summed E-state index contributed by atoms with van der Waals surface area (Å²) < 4.78 is 10.0. The van der Waals surface area contributed by atoms with Gasteiger partial charge < -0.3 is 24.4 Å². The third-order valence-electron chi connectivity index (χ3n) is 4.60. The molecule has 0 aliphatic carbocycles. The summed E-state index contributed by atoms with van der Waals surface area (Å²) in [7, 11) is 1.23. The number of amides is 4. The number of thioether (sulfide) groups is 1. The third-order valence-corrected chi connectivity index (χ3v) is 6.62. The quantitative estimate of drug-likeness (QED) is 0.153. The van der Waals surface area contributed by atoms with Crippen LogP contribution < -0.4 is 5.32 Å². The number of fused-ring (bicyclic) bond motifs is 1. The van der Waals surface area contributed by atoms with Crippen molar-refractivity contribution in [1.29, 1.82) is 0 Å². The standard InChI is InChI=1S/C18H15Cl3N4O9S/c1-32-23-9(8-3-2-4-33-8)13(26)22-10-14(27)24-11(17(29)30)7(6-35-16(10)24)5-34-18(31)25(21)15(28)12(19)20/h2-4,10,12,16H,5-6H2,1H3,(H,22,26)(H,29,30)/b23-9-/t10-,16-/m1/s1. The number of oxime groups is 1. The number of carboxylic acids is 1. The van der Waals surface area contributed by atoms with E-state index in [2.05, 4.69) is 15.3 Å². The van der Waals surface area contributed by atoms with Gasteiger partial charge in [0.05, 0.1) is 6.26 Å². The highest BCUT2D eigenvalue weighted by Gasteiger charge is 2.54. The van der Waals surface area contributed by atoms with E-state index in [0.29, 0.717) is 0 Å². The number of imide groups is 1. The van der Waals surface area contributed by atoms with E-state index in [0.717, 1.165) is 16.7 Å². The zero-order valence-electron chi connectivity index (χ0n) is 17.5. The number of nitrogens with one attached hydrogen (secondary N) is 1. The van der Waals surface area contributed by atoms with Gasteiger partial charge in [-0.15, -0.1) is 11.8 Å². The summed E-state index contributed by atoms with van der Waals surface area (Å²) in [4.78, 5) is 64.8. The summed E-state index contributed by atoms with van der Waals surface area (Å²) in [6, 6.07) is 1.93. The van der Waals surface area contributed by atoms with E-state index in [1.807, 2.05) is 0 Å². The van der Waals surface area contributed by atoms with Crippen LogP contribution in [0.3, 0.4) is 0 Å². The lowest BCUT2D eigenvalue weighted by Crippen LogP contribution is -2.71. The number of furan rings is 1. The molecule has 17 heteroatoms. The van der Waals surface area contributed by atoms with Crippen LogP contribution in [-0.4, -0.2) is 85.6 Å². The van der Waals surface area contributed by atoms with Gasteiger partial charge in [0, 0.05) is 23.1 Å². The highest BCUT2D eigenvalue weighted by molar-refractivity contribution is 8.00. The van der Waals surface area contributed by atoms with Crippen LogP contribution in [0.2, 0.25) is 0 Å². The average Bonchev–Trinajstić information content (AvgIpc) is 3.36. The molecule has 1 saturated heterocycles. The maximum Gasteiger partial charge on any atom is 0.432 e. The zero-order valence-corrected chi connectivity index (χ0v) is 20.6. The molecule has 0 bridgehead atoms. The number of ether oxygens (including phenoxy) is 1. The fourth-order valence-corrected chi connectivity index (χ4v) is 4.86. The van der Waals surface area contributed by atoms with E-state index in [4.69, 9.17) is 44.1 Å². The first-order valence-corrected chi connectivity index (χ1v) is 11.6. The minimum Gasteiger partial charge on any atom is -0.477 e. The van der Waals surface area contributed by atoms with Crippen molar-refractivity contribution in [3.63, 3.8) is 0 Å². The Hall–Kier alpha value is -2.94. The van der Waals surface area contributed by atoms with Gasteiger partial charge in [-0.2, -0.15) is 4.42 Å². The van der Waals surface area contributed by atoms with E-state index >= 15 is 0 Å². The van der Waals surface area contributed by atoms with Crippen LogP contribution in [0.5, 0.6) is 0 Å². The number of carboxylic acid groups (broad SMARTS) is 1. The Morgan fingerprint density at radius 2 is 2.11 bits per heavy atom. The molecule has 2 N–H and O–H groups in total. The Bertz CT molecular complexity index is 1110. The molecule has 0 spiro atoms. The first-order chi connectivity index (χ1) is 16.6. The van der Waals surface area contributed by atoms with Crippen molar-refractivity contribution in [1.82, 2.24) is 14.6 Å². The lowest BCUT2D eigenvalue weighted by atomic mass is 10.0. The molecule has 0 aromatic carbocycles. The molecule has 0 unspecified atom stereocenters. The van der Waals surface area contributed by atoms with E-state index in [9.17, 15) is 29.1 Å². The lowest BCUT2D eigenvalue weighted by molar-refractivity contribution is -0.150. The Labute approximate surface area is 216 Å². The molecule has 0 radical (unpaired) electrons. The van der Waals surface area contributed by atoms with Crippen molar-refractivity contribution < 1.29 is 43.1 Å². The number of halogens is 3. The van der Waals surface area contributed by atoms with E-state index in [1.165, 1.54) is 25.5 Å². The van der Waals surface area contributed by atoms with Crippen molar-refractivity contribution in [2.24, 2.45) is 5.16 Å². The Kier molecular flexibility index (Phi) is 8.53. The summed E-state index contributed by atoms with van der Waals surface area (Å²) in [5, 5.41) is 15.0. The Morgan fingerprint density at radius 1 is 1.40 bits per heavy atom. The third kappa shape index (κ3) is 5.50. The second kappa shape index (κ2) is 11.2. The van der Waals surface area contributed by atoms with Crippen molar-refractivity contribution in [3.05, 3.63) is 35.4 Å². The highest BCUT2D eigenvalue weighted by Crippen LogP contribution is 2.40. The first-order valence-electron chi connectivity index (χ1n) is 9.39. The zero-order chi connectivity index (χ0) is 25.9. The molecule has 2 aliphatic heterocycles. The number of carbonyl (C=O) groups is 5. The van der Waals surface area contributed by atoms with E-state index in [1.54, 1.807) is 0 Å². The molecule has 1 aromatic rings. The number of hydrogen-bond acceptors (Lipinski definition) is 10. The molecule has 35 heavy (non-hydrogen) atoms. The van der Waals surface area contributed by atoms with Crippen LogP contribution >= 0.6 is 46.7 Å². The SMILES string of the molecule is CO/N=C(\C(=O)N[C@@H]1C(=O)N2C(C(=O)O)=C(COC(=O)N(Cl)C(=O)C(Cl)Cl)CS[C@H]12)c1ccco1. The largest absolute Gasteiger partial charge is 0.477 e. The number of alkyl halides is 2. The minimum absolute atomic E-state index is 0.0168. The smallest absolute Gasteiger partial charge is 0.432 e. The predicted octanol–water partition coefficient (Wildman–Crippen LogP) is 1.29. The molecule has 1 fully saturated rings. The number of β-lactam (4-membered cyclic amide) rings is 1. The summed E-state index contributed by atoms with van der Waals surface area (Å²) in [5.74, 6) is -3.98. The summed E-state index contributed by atoms with van der Waals surface area (Å²) in [5.41, 5.74) is -0.579. The van der Waals surface area contributed by atoms with Gasteiger partial charge in [0.2, 0.25) is 5.71 Å². The van der Waals surface area contributed by atoms with Crippen LogP contribution in [0, 0.1) is 0 Å². The first kappa shape index (κ1) is 26.7. The molecular weight excluding hydrogens is 555 g/mol. The van der Waals surface area contributed by atoms with Gasteiger partial charge in [-0.3, -0.25) is 19.3 Å². The molecular formula is C18H15Cl3N4O9S. The molecule has 0 saturated carbocycles. The summed E-state index contributed by atoms with van der Waals surface area (Å²) in [6.07, 6.45) is -0.0159. The molecule has 2 atom stereocenters. The maximum atomic E-state index is 12.8. The normalized spacial score (nSPS) is 19.6. The maximum absolute atomic E-state index is 12.8. The van der Waals surface area contributed by atoms with Gasteiger partial charge in [0.15, 0.2) is 10.6 Å². The van der Waals surface area contributed by atoms with Gasteiger partial charge in [0.25, 0.3) is 17.7 Å². The molecule has 4 amide bonds. The monoisotopic (exact) mass is 568 g/mol. The van der Waals surface area contributed by atoms with Crippen molar-refractivity contribution >= 4 is 82.2 Å². The molecule has 188 valence electrons. The number of carbonyl (C=O) groups excluding carboxylic acids is 4. The Balaban J connectivity index is 1.71. The fourth-order valence-electron chi connectivity index (χ4n) is 3.09. The summed E-state index contributed by atoms with van der Waals surface area (Å²) >= 11 is 17.3. The number of nitrogens with zero attached hydrogens (tertiary/aromatic N) is 3. The summed E-state index contributed by atoms with van der Waals surface area (Å²) in [6.45, 7) is -0.587. The van der Waals surface area contributed by atoms with E-state index in [-0.39, 0.29) is 27.2 Å². The fraction of sp³-hybridized carbons (Fsp3) is 0.333. The number of hydrogen-bond donors (Lipinski definition) is 2. The predicted molar refractivity (Wildman–Crippen MR) is 121 cm³/mol. The van der Waals surface area contributed by atoms with Crippen LogP contribution in [0.25, 0.3) is 0 Å². The minimum atomic E-state index is -1.62. The number of rotatable bonds is 8. The Morgan fingerprint density at radius 3 is 2.69 bits per heavy atom. The molecule has 3 heterocycles. The van der Waals surface area contributed by atoms with Gasteiger partial charge in [-0.1, -0.05) is 28.4 Å². The van der Waals surface area contributed by atoms with Crippen LogP contribution in [0.1, 0.15) is 5.76 Å². The van der Waals surface area contributed by atoms with Crippen molar-refractivity contribution in [2.45, 2.75) is 16.3 Å². The van der Waals surface area contributed by atoms with Gasteiger partial charge >= 0.3 is 12.1 Å². The molecule has 2 aliphatic rings.